The highest BCUT2D eigenvalue weighted by Gasteiger charge is 2.18. The molecular formula is C36H40F3N3O5. The van der Waals surface area contributed by atoms with Crippen LogP contribution in [0.3, 0.4) is 0 Å². The number of hydrogen-bond acceptors (Lipinski definition) is 5. The molecule has 0 radical (unpaired) electrons. The van der Waals surface area contributed by atoms with E-state index < -0.39 is 11.6 Å². The first-order chi connectivity index (χ1) is 22.0. The number of pyridine rings is 2. The molecule has 47 heavy (non-hydrogen) atoms. The number of nitrogens with one attached hydrogen (secondary N) is 3. The van der Waals surface area contributed by atoms with Crippen LogP contribution in [0.2, 0.25) is 0 Å². The van der Waals surface area contributed by atoms with E-state index in [4.69, 9.17) is 0 Å². The third-order valence-electron chi connectivity index (χ3n) is 7.64. The van der Waals surface area contributed by atoms with E-state index in [1.165, 1.54) is 42.5 Å². The molecule has 0 aliphatic heterocycles. The van der Waals surface area contributed by atoms with Crippen molar-refractivity contribution in [1.29, 1.82) is 0 Å². The maximum absolute atomic E-state index is 13.5. The smallest absolute Gasteiger partial charge is 0.255 e. The quantitative estimate of drug-likeness (QED) is 0.131. The first kappa shape index (κ1) is 36.4. The summed E-state index contributed by atoms with van der Waals surface area (Å²) in [6.07, 6.45) is 0. The van der Waals surface area contributed by atoms with E-state index in [9.17, 15) is 37.8 Å². The number of aromatic hydroxyl groups is 2. The first-order valence-electron chi connectivity index (χ1n) is 15.2. The Balaban J connectivity index is 0.000000192. The zero-order valence-corrected chi connectivity index (χ0v) is 27.3. The summed E-state index contributed by atoms with van der Waals surface area (Å²) in [5.41, 5.74) is 0.944. The fraction of sp³-hybridized carbons (Fsp3) is 0.306. The van der Waals surface area contributed by atoms with Gasteiger partial charge >= 0.3 is 0 Å². The molecule has 250 valence electrons. The standard InChI is InChI=1S/2C12H12FNO2.C12H16FNO/c1-6(2)10-11(15)8-4-3-7(13)5-9(8)14-12(10)16;1-6(2)9-11(15)10-7(13)4-3-5-8(10)14-12(9)16;1-8(2)9(3)12(15)14-11-6-4-5-10(13)7-11/h2*3-6H,1-2H3,(H2,14,15,16);4-9H,1-3H3,(H,14,15). The summed E-state index contributed by atoms with van der Waals surface area (Å²) >= 11 is 0. The highest BCUT2D eigenvalue weighted by molar-refractivity contribution is 5.92. The minimum Gasteiger partial charge on any atom is -0.507 e. The summed E-state index contributed by atoms with van der Waals surface area (Å²) < 4.78 is 39.3. The van der Waals surface area contributed by atoms with Crippen molar-refractivity contribution in [2.75, 3.05) is 5.32 Å². The average Bonchev–Trinajstić information content (AvgIpc) is 2.96. The molecule has 8 nitrogen and oxygen atoms in total. The van der Waals surface area contributed by atoms with E-state index in [1.54, 1.807) is 32.0 Å². The number of carbonyl (C=O) groups excluding carboxylic acids is 1. The number of halogens is 3. The summed E-state index contributed by atoms with van der Waals surface area (Å²) in [5.74, 6) is -1.76. The second kappa shape index (κ2) is 15.5. The van der Waals surface area contributed by atoms with Crippen LogP contribution in [-0.4, -0.2) is 26.1 Å². The lowest BCUT2D eigenvalue weighted by Crippen LogP contribution is -2.24. The molecule has 5 N–H and O–H groups in total. The third-order valence-corrected chi connectivity index (χ3v) is 7.64. The SMILES string of the molecule is CC(C)C(C)C(=O)Nc1cccc(F)c1.CC(C)c1c(O)c2c(F)cccc2[nH]c1=O.CC(C)c1c(O)c2ccc(F)cc2[nH]c1=O. The van der Waals surface area contributed by atoms with Crippen LogP contribution in [0, 0.1) is 29.3 Å². The maximum atomic E-state index is 13.5. The second-order valence-corrected chi connectivity index (χ2v) is 12.1. The molecule has 1 atom stereocenters. The van der Waals surface area contributed by atoms with Gasteiger partial charge in [-0.25, -0.2) is 13.2 Å². The lowest BCUT2D eigenvalue weighted by molar-refractivity contribution is -0.120. The molecule has 0 saturated carbocycles. The third kappa shape index (κ3) is 8.81. The molecule has 3 aromatic carbocycles. The van der Waals surface area contributed by atoms with Crippen LogP contribution < -0.4 is 16.4 Å². The molecule has 5 rings (SSSR count). The Kier molecular flexibility index (Phi) is 12.0. The number of fused-ring (bicyclic) bond motifs is 2. The van der Waals surface area contributed by atoms with Crippen molar-refractivity contribution in [2.45, 2.75) is 60.3 Å². The minimum absolute atomic E-state index is 0.0613. The minimum atomic E-state index is -0.534. The molecule has 1 amide bonds. The number of anilines is 1. The van der Waals surface area contributed by atoms with Gasteiger partial charge in [-0.05, 0) is 66.3 Å². The largest absolute Gasteiger partial charge is 0.507 e. The zero-order valence-electron chi connectivity index (χ0n) is 27.3. The van der Waals surface area contributed by atoms with E-state index >= 15 is 0 Å². The van der Waals surface area contributed by atoms with E-state index in [1.807, 2.05) is 34.6 Å². The van der Waals surface area contributed by atoms with E-state index in [0.29, 0.717) is 27.7 Å². The van der Waals surface area contributed by atoms with Crippen molar-refractivity contribution >= 4 is 33.4 Å². The highest BCUT2D eigenvalue weighted by Crippen LogP contribution is 2.31. The molecule has 0 saturated heterocycles. The van der Waals surface area contributed by atoms with Gasteiger partial charge in [-0.1, -0.05) is 60.6 Å². The summed E-state index contributed by atoms with van der Waals surface area (Å²) in [5, 5.41) is 23.1. The van der Waals surface area contributed by atoms with Crippen molar-refractivity contribution in [3.8, 4) is 11.5 Å². The molecule has 2 heterocycles. The summed E-state index contributed by atoms with van der Waals surface area (Å²) in [7, 11) is 0. The van der Waals surface area contributed by atoms with Gasteiger partial charge in [0.05, 0.1) is 27.5 Å². The number of aromatic nitrogens is 2. The molecule has 0 aliphatic rings. The molecule has 1 unspecified atom stereocenters. The van der Waals surface area contributed by atoms with Gasteiger partial charge < -0.3 is 25.5 Å². The molecule has 2 aromatic heterocycles. The van der Waals surface area contributed by atoms with Gasteiger partial charge in [0.25, 0.3) is 11.1 Å². The van der Waals surface area contributed by atoms with Gasteiger partial charge in [0.15, 0.2) is 0 Å². The zero-order chi connectivity index (χ0) is 35.2. The molecule has 0 fully saturated rings. The lowest BCUT2D eigenvalue weighted by Gasteiger charge is -2.15. The Morgan fingerprint density at radius 3 is 1.83 bits per heavy atom. The first-order valence-corrected chi connectivity index (χ1v) is 15.2. The van der Waals surface area contributed by atoms with Crippen molar-refractivity contribution in [1.82, 2.24) is 9.97 Å². The summed E-state index contributed by atoms with van der Waals surface area (Å²) in [6.45, 7) is 13.0. The van der Waals surface area contributed by atoms with Crippen molar-refractivity contribution in [2.24, 2.45) is 11.8 Å². The fourth-order valence-corrected chi connectivity index (χ4v) is 4.77. The summed E-state index contributed by atoms with van der Waals surface area (Å²) in [6, 6.07) is 14.1. The molecular weight excluding hydrogens is 611 g/mol. The molecule has 0 aliphatic carbocycles. The Morgan fingerprint density at radius 1 is 0.702 bits per heavy atom. The maximum Gasteiger partial charge on any atom is 0.255 e. The van der Waals surface area contributed by atoms with Crippen molar-refractivity contribution in [3.63, 3.8) is 0 Å². The Labute approximate surface area is 270 Å². The van der Waals surface area contributed by atoms with E-state index in [2.05, 4.69) is 15.3 Å². The Morgan fingerprint density at radius 2 is 1.26 bits per heavy atom. The van der Waals surface area contributed by atoms with E-state index in [-0.39, 0.29) is 69.0 Å². The normalized spacial score (nSPS) is 11.7. The predicted molar refractivity (Wildman–Crippen MR) is 180 cm³/mol. The fourth-order valence-electron chi connectivity index (χ4n) is 4.77. The van der Waals surface area contributed by atoms with Gasteiger partial charge in [-0.2, -0.15) is 0 Å². The second-order valence-electron chi connectivity index (χ2n) is 12.1. The van der Waals surface area contributed by atoms with Gasteiger partial charge in [0.1, 0.15) is 29.0 Å². The van der Waals surface area contributed by atoms with Gasteiger partial charge in [0, 0.05) is 17.0 Å². The van der Waals surface area contributed by atoms with Gasteiger partial charge in [-0.3, -0.25) is 14.4 Å². The monoisotopic (exact) mass is 651 g/mol. The number of aromatic amines is 2. The summed E-state index contributed by atoms with van der Waals surface area (Å²) in [4.78, 5) is 40.1. The van der Waals surface area contributed by atoms with Crippen LogP contribution in [0.1, 0.15) is 71.4 Å². The molecule has 5 aromatic rings. The van der Waals surface area contributed by atoms with Crippen LogP contribution in [-0.2, 0) is 4.79 Å². The number of amides is 1. The topological polar surface area (TPSA) is 135 Å². The van der Waals surface area contributed by atoms with Crippen molar-refractivity contribution in [3.05, 3.63) is 110 Å². The van der Waals surface area contributed by atoms with Crippen LogP contribution in [0.25, 0.3) is 21.8 Å². The number of benzene rings is 3. The average molecular weight is 652 g/mol. The van der Waals surface area contributed by atoms with E-state index in [0.717, 1.165) is 0 Å². The molecule has 0 bridgehead atoms. The van der Waals surface area contributed by atoms with Gasteiger partial charge in [-0.15, -0.1) is 0 Å². The van der Waals surface area contributed by atoms with Gasteiger partial charge in [0.2, 0.25) is 5.91 Å². The lowest BCUT2D eigenvalue weighted by atomic mass is 9.97. The number of H-pyrrole nitrogens is 2. The molecule has 11 heteroatoms. The van der Waals surface area contributed by atoms with Crippen LogP contribution in [0.5, 0.6) is 11.5 Å². The van der Waals surface area contributed by atoms with Crippen molar-refractivity contribution < 1.29 is 28.2 Å². The van der Waals surface area contributed by atoms with Crippen LogP contribution in [0.15, 0.2) is 70.3 Å². The predicted octanol–water partition coefficient (Wildman–Crippen LogP) is 8.05. The number of hydrogen-bond donors (Lipinski definition) is 5. The van der Waals surface area contributed by atoms with Crippen LogP contribution >= 0.6 is 0 Å². The Bertz CT molecular complexity index is 1990. The highest BCUT2D eigenvalue weighted by atomic mass is 19.1. The van der Waals surface area contributed by atoms with Crippen LogP contribution in [0.4, 0.5) is 18.9 Å². The number of carbonyl (C=O) groups is 1. The Hall–Kier alpha value is -5.06. The molecule has 0 spiro atoms. The number of rotatable bonds is 5.